The van der Waals surface area contributed by atoms with Crippen molar-refractivity contribution in [3.05, 3.63) is 58.7 Å². The normalized spacial score (nSPS) is 11.3. The average molecular weight is 282 g/mol. The zero-order chi connectivity index (χ0) is 15.6. The monoisotopic (exact) mass is 282 g/mol. The molecule has 0 saturated carbocycles. The molecule has 2 heteroatoms. The molecule has 0 aliphatic carbocycles. The largest absolute Gasteiger partial charge is 0.398 e. The van der Waals surface area contributed by atoms with Crippen LogP contribution in [0.2, 0.25) is 0 Å². The lowest BCUT2D eigenvalue weighted by molar-refractivity contribution is 0.832. The second kappa shape index (κ2) is 6.21. The van der Waals surface area contributed by atoms with Crippen LogP contribution < -0.4 is 11.5 Å². The number of hydrogen-bond acceptors (Lipinski definition) is 2. The van der Waals surface area contributed by atoms with Gasteiger partial charge in [-0.25, -0.2) is 0 Å². The molecular formula is C19H26N2. The molecule has 0 radical (unpaired) electrons. The fourth-order valence-electron chi connectivity index (χ4n) is 2.91. The summed E-state index contributed by atoms with van der Waals surface area (Å²) < 4.78 is 0. The quantitative estimate of drug-likeness (QED) is 0.799. The fraction of sp³-hybridized carbons (Fsp3) is 0.368. The lowest BCUT2D eigenvalue weighted by Gasteiger charge is -2.19. The van der Waals surface area contributed by atoms with Gasteiger partial charge in [0.1, 0.15) is 0 Å². The minimum Gasteiger partial charge on any atom is -0.398 e. The highest BCUT2D eigenvalue weighted by molar-refractivity contribution is 5.59. The molecule has 0 heterocycles. The van der Waals surface area contributed by atoms with Gasteiger partial charge in [0.05, 0.1) is 0 Å². The summed E-state index contributed by atoms with van der Waals surface area (Å²) in [6.07, 6.45) is 0.806. The van der Waals surface area contributed by atoms with E-state index in [1.807, 2.05) is 24.3 Å². The van der Waals surface area contributed by atoms with E-state index in [0.717, 1.165) is 17.8 Å². The Morgan fingerprint density at radius 3 is 1.43 bits per heavy atom. The molecule has 0 aliphatic heterocycles. The van der Waals surface area contributed by atoms with Crippen molar-refractivity contribution in [1.82, 2.24) is 0 Å². The standard InChI is InChI=1S/C19H26N2/c1-12(2)14-7-5-9-18(20)16(14)11-17-15(13(3)4)8-6-10-19(17)21/h5-10,12-13H,11,20-21H2,1-4H3. The molecule has 0 aliphatic rings. The van der Waals surface area contributed by atoms with Gasteiger partial charge in [-0.1, -0.05) is 52.0 Å². The summed E-state index contributed by atoms with van der Waals surface area (Å²) in [5.41, 5.74) is 19.3. The van der Waals surface area contributed by atoms with E-state index in [9.17, 15) is 0 Å². The van der Waals surface area contributed by atoms with Crippen LogP contribution in [0, 0.1) is 0 Å². The fourth-order valence-corrected chi connectivity index (χ4v) is 2.91. The Morgan fingerprint density at radius 1 is 0.714 bits per heavy atom. The minimum atomic E-state index is 0.455. The van der Waals surface area contributed by atoms with Crippen molar-refractivity contribution in [2.45, 2.75) is 46.0 Å². The van der Waals surface area contributed by atoms with E-state index in [1.165, 1.54) is 22.3 Å². The van der Waals surface area contributed by atoms with Gasteiger partial charge in [0.25, 0.3) is 0 Å². The van der Waals surface area contributed by atoms with Crippen molar-refractivity contribution in [1.29, 1.82) is 0 Å². The zero-order valence-corrected chi connectivity index (χ0v) is 13.5. The van der Waals surface area contributed by atoms with Crippen molar-refractivity contribution in [2.75, 3.05) is 11.5 Å². The van der Waals surface area contributed by atoms with Gasteiger partial charge in [0.2, 0.25) is 0 Å². The first kappa shape index (κ1) is 15.4. The lowest BCUT2D eigenvalue weighted by Crippen LogP contribution is -2.07. The van der Waals surface area contributed by atoms with Crippen LogP contribution in [0.15, 0.2) is 36.4 Å². The number of anilines is 2. The Kier molecular flexibility index (Phi) is 4.56. The molecule has 21 heavy (non-hydrogen) atoms. The van der Waals surface area contributed by atoms with Crippen LogP contribution in [-0.2, 0) is 6.42 Å². The van der Waals surface area contributed by atoms with Crippen LogP contribution in [0.1, 0.15) is 61.8 Å². The maximum absolute atomic E-state index is 6.24. The smallest absolute Gasteiger partial charge is 0.0352 e. The summed E-state index contributed by atoms with van der Waals surface area (Å²) in [6.45, 7) is 8.82. The SMILES string of the molecule is CC(C)c1cccc(N)c1Cc1c(N)cccc1C(C)C. The van der Waals surface area contributed by atoms with E-state index in [0.29, 0.717) is 11.8 Å². The third-order valence-electron chi connectivity index (χ3n) is 4.09. The molecule has 0 unspecified atom stereocenters. The number of rotatable bonds is 4. The number of hydrogen-bond donors (Lipinski definition) is 2. The highest BCUT2D eigenvalue weighted by Gasteiger charge is 2.15. The molecule has 0 spiro atoms. The van der Waals surface area contributed by atoms with E-state index >= 15 is 0 Å². The summed E-state index contributed by atoms with van der Waals surface area (Å²) in [7, 11) is 0. The summed E-state index contributed by atoms with van der Waals surface area (Å²) in [6, 6.07) is 12.4. The molecule has 0 atom stereocenters. The van der Waals surface area contributed by atoms with E-state index in [1.54, 1.807) is 0 Å². The van der Waals surface area contributed by atoms with Crippen LogP contribution in [0.25, 0.3) is 0 Å². The van der Waals surface area contributed by atoms with Crippen molar-refractivity contribution in [3.63, 3.8) is 0 Å². The van der Waals surface area contributed by atoms with Crippen molar-refractivity contribution in [3.8, 4) is 0 Å². The Morgan fingerprint density at radius 2 is 1.10 bits per heavy atom. The van der Waals surface area contributed by atoms with Gasteiger partial charge >= 0.3 is 0 Å². The maximum atomic E-state index is 6.24. The molecule has 2 nitrogen and oxygen atoms in total. The van der Waals surface area contributed by atoms with Gasteiger partial charge < -0.3 is 11.5 Å². The first-order chi connectivity index (χ1) is 9.91. The predicted molar refractivity (Wildman–Crippen MR) is 92.7 cm³/mol. The van der Waals surface area contributed by atoms with Crippen LogP contribution in [0.5, 0.6) is 0 Å². The summed E-state index contributed by atoms with van der Waals surface area (Å²) in [4.78, 5) is 0. The summed E-state index contributed by atoms with van der Waals surface area (Å²) in [5, 5.41) is 0. The molecule has 0 saturated heterocycles. The first-order valence-corrected chi connectivity index (χ1v) is 7.66. The molecule has 2 rings (SSSR count). The van der Waals surface area contributed by atoms with E-state index in [-0.39, 0.29) is 0 Å². The number of benzene rings is 2. The van der Waals surface area contributed by atoms with Gasteiger partial charge in [-0.05, 0) is 46.2 Å². The van der Waals surface area contributed by atoms with Gasteiger partial charge in [0, 0.05) is 17.8 Å². The third-order valence-corrected chi connectivity index (χ3v) is 4.09. The van der Waals surface area contributed by atoms with E-state index < -0.39 is 0 Å². The van der Waals surface area contributed by atoms with Crippen LogP contribution in [0.3, 0.4) is 0 Å². The predicted octanol–water partition coefficient (Wildman–Crippen LogP) is 4.69. The Labute approximate surface area is 128 Å². The molecule has 2 aromatic rings. The molecule has 0 amide bonds. The second-order valence-electron chi connectivity index (χ2n) is 6.32. The Balaban J connectivity index is 2.53. The van der Waals surface area contributed by atoms with Crippen molar-refractivity contribution in [2.24, 2.45) is 0 Å². The molecule has 112 valence electrons. The van der Waals surface area contributed by atoms with Crippen LogP contribution in [0.4, 0.5) is 11.4 Å². The van der Waals surface area contributed by atoms with Crippen LogP contribution >= 0.6 is 0 Å². The average Bonchev–Trinajstić information content (AvgIpc) is 2.42. The molecule has 0 fully saturated rings. The summed E-state index contributed by atoms with van der Waals surface area (Å²) in [5.74, 6) is 0.909. The number of nitrogen functional groups attached to an aromatic ring is 2. The van der Waals surface area contributed by atoms with Gasteiger partial charge in [-0.2, -0.15) is 0 Å². The number of nitrogens with two attached hydrogens (primary N) is 2. The molecule has 2 aromatic carbocycles. The van der Waals surface area contributed by atoms with E-state index in [4.69, 9.17) is 11.5 Å². The minimum absolute atomic E-state index is 0.455. The van der Waals surface area contributed by atoms with Gasteiger partial charge in [0.15, 0.2) is 0 Å². The lowest BCUT2D eigenvalue weighted by atomic mass is 9.87. The van der Waals surface area contributed by atoms with Gasteiger partial charge in [-0.3, -0.25) is 0 Å². The van der Waals surface area contributed by atoms with Gasteiger partial charge in [-0.15, -0.1) is 0 Å². The van der Waals surface area contributed by atoms with E-state index in [2.05, 4.69) is 39.8 Å². The summed E-state index contributed by atoms with van der Waals surface area (Å²) >= 11 is 0. The molecular weight excluding hydrogens is 256 g/mol. The maximum Gasteiger partial charge on any atom is 0.0352 e. The third kappa shape index (κ3) is 3.21. The Hall–Kier alpha value is -1.96. The Bertz CT molecular complexity index is 572. The first-order valence-electron chi connectivity index (χ1n) is 7.66. The molecule has 0 bridgehead atoms. The topological polar surface area (TPSA) is 52.0 Å². The molecule has 4 N–H and O–H groups in total. The van der Waals surface area contributed by atoms with Crippen molar-refractivity contribution >= 4 is 11.4 Å². The second-order valence-corrected chi connectivity index (χ2v) is 6.32. The van der Waals surface area contributed by atoms with Crippen LogP contribution in [-0.4, -0.2) is 0 Å². The molecule has 0 aromatic heterocycles. The highest BCUT2D eigenvalue weighted by Crippen LogP contribution is 2.32. The van der Waals surface area contributed by atoms with Crippen molar-refractivity contribution < 1.29 is 0 Å². The highest BCUT2D eigenvalue weighted by atomic mass is 14.6. The zero-order valence-electron chi connectivity index (χ0n) is 13.5.